The van der Waals surface area contributed by atoms with Gasteiger partial charge >= 0.3 is 5.69 Å². The summed E-state index contributed by atoms with van der Waals surface area (Å²) in [5.41, 5.74) is 10.2. The van der Waals surface area contributed by atoms with E-state index in [0.29, 0.717) is 0 Å². The fraction of sp³-hybridized carbons (Fsp3) is 0.562. The number of aliphatic hydroxyl groups excluding tert-OH is 3. The monoisotopic (exact) mass is 443 g/mol. The molecular formula is C16H25N7O8. The normalized spacial score (nSPS) is 26.6. The van der Waals surface area contributed by atoms with Gasteiger partial charge in [-0.15, -0.1) is 0 Å². The third kappa shape index (κ3) is 5.53. The minimum atomic E-state index is -1.78. The second-order valence-electron chi connectivity index (χ2n) is 6.79. The van der Waals surface area contributed by atoms with Crippen LogP contribution in [0.5, 0.6) is 0 Å². The number of nitrogens with two attached hydrogens (primary N) is 2. The van der Waals surface area contributed by atoms with E-state index in [1.54, 1.807) is 0 Å². The van der Waals surface area contributed by atoms with Crippen molar-refractivity contribution in [3.05, 3.63) is 22.2 Å². The average molecular weight is 443 g/mol. The lowest BCUT2D eigenvalue weighted by atomic mass is 9.89. The zero-order chi connectivity index (χ0) is 23.3. The number of hydrogen-bond donors (Lipinski definition) is 9. The van der Waals surface area contributed by atoms with Crippen LogP contribution >= 0.6 is 0 Å². The van der Waals surface area contributed by atoms with Crippen LogP contribution in [0.15, 0.2) is 11.0 Å². The highest BCUT2D eigenvalue weighted by atomic mass is 16.5. The van der Waals surface area contributed by atoms with Crippen molar-refractivity contribution < 1.29 is 34.4 Å². The highest BCUT2D eigenvalue weighted by molar-refractivity contribution is 5.89. The van der Waals surface area contributed by atoms with E-state index >= 15 is 0 Å². The van der Waals surface area contributed by atoms with Crippen molar-refractivity contribution in [3.63, 3.8) is 0 Å². The molecule has 0 radical (unpaired) electrons. The lowest BCUT2D eigenvalue weighted by molar-refractivity contribution is -0.192. The van der Waals surface area contributed by atoms with Crippen molar-refractivity contribution in [1.29, 1.82) is 0 Å². The van der Waals surface area contributed by atoms with Gasteiger partial charge in [-0.1, -0.05) is 0 Å². The SMILES string of the molecule is CNCC(=O)N[C@@H](CO)C(=O)NC1C(C(N)=O)OC(c2cnc(=O)[nH]c2N)C(O)C1O. The number of carbonyl (C=O) groups excluding carboxylic acids is 3. The second-order valence-corrected chi connectivity index (χ2v) is 6.79. The highest BCUT2D eigenvalue weighted by Gasteiger charge is 2.49. The topological polar surface area (TPSA) is 255 Å². The third-order valence-electron chi connectivity index (χ3n) is 4.59. The van der Waals surface area contributed by atoms with Crippen LogP contribution in [-0.2, 0) is 19.1 Å². The van der Waals surface area contributed by atoms with Crippen molar-refractivity contribution in [2.24, 2.45) is 5.73 Å². The number of rotatable bonds is 8. The molecule has 15 nitrogen and oxygen atoms in total. The number of H-pyrrole nitrogens is 1. The number of likely N-dealkylation sites (N-methyl/N-ethyl adjacent to an activating group) is 1. The number of aliphatic hydroxyl groups is 3. The van der Waals surface area contributed by atoms with Gasteiger partial charge in [0, 0.05) is 11.8 Å². The van der Waals surface area contributed by atoms with Crippen molar-refractivity contribution in [1.82, 2.24) is 25.9 Å². The van der Waals surface area contributed by atoms with Crippen LogP contribution in [0, 0.1) is 0 Å². The van der Waals surface area contributed by atoms with Gasteiger partial charge < -0.3 is 47.5 Å². The van der Waals surface area contributed by atoms with E-state index in [4.69, 9.17) is 16.2 Å². The van der Waals surface area contributed by atoms with Gasteiger partial charge in [-0.05, 0) is 7.05 Å². The van der Waals surface area contributed by atoms with E-state index in [-0.39, 0.29) is 17.9 Å². The second kappa shape index (κ2) is 10.3. The first-order chi connectivity index (χ1) is 14.6. The lowest BCUT2D eigenvalue weighted by Crippen LogP contribution is -2.66. The van der Waals surface area contributed by atoms with Gasteiger partial charge in [0.25, 0.3) is 0 Å². The maximum Gasteiger partial charge on any atom is 0.346 e. The molecule has 31 heavy (non-hydrogen) atoms. The van der Waals surface area contributed by atoms with Gasteiger partial charge in [-0.3, -0.25) is 19.4 Å². The molecule has 1 aliphatic rings. The maximum atomic E-state index is 12.5. The number of nitrogen functional groups attached to an aromatic ring is 1. The van der Waals surface area contributed by atoms with E-state index < -0.39 is 66.5 Å². The molecule has 2 heterocycles. The van der Waals surface area contributed by atoms with Crippen LogP contribution in [0.25, 0.3) is 0 Å². The predicted octanol–water partition coefficient (Wildman–Crippen LogP) is -5.82. The summed E-state index contributed by atoms with van der Waals surface area (Å²) >= 11 is 0. The Balaban J connectivity index is 2.24. The maximum absolute atomic E-state index is 12.5. The minimum absolute atomic E-state index is 0.0188. The first-order valence-corrected chi connectivity index (χ1v) is 9.11. The molecule has 11 N–H and O–H groups in total. The first kappa shape index (κ1) is 24.2. The summed E-state index contributed by atoms with van der Waals surface area (Å²) in [6, 6.07) is -2.93. The van der Waals surface area contributed by atoms with Gasteiger partial charge in [-0.25, -0.2) is 9.78 Å². The third-order valence-corrected chi connectivity index (χ3v) is 4.59. The quantitative estimate of drug-likeness (QED) is 0.183. The fourth-order valence-electron chi connectivity index (χ4n) is 3.07. The number of amides is 3. The van der Waals surface area contributed by atoms with Crippen LogP contribution < -0.4 is 33.1 Å². The zero-order valence-corrected chi connectivity index (χ0v) is 16.4. The van der Waals surface area contributed by atoms with Crippen molar-refractivity contribution in [2.45, 2.75) is 36.5 Å². The van der Waals surface area contributed by atoms with Crippen LogP contribution in [0.2, 0.25) is 0 Å². The molecule has 6 atom stereocenters. The Bertz CT molecular complexity index is 878. The lowest BCUT2D eigenvalue weighted by Gasteiger charge is -2.42. The zero-order valence-electron chi connectivity index (χ0n) is 16.4. The molecule has 0 aliphatic carbocycles. The Morgan fingerprint density at radius 2 is 2.00 bits per heavy atom. The van der Waals surface area contributed by atoms with Gasteiger partial charge in [0.05, 0.1) is 19.2 Å². The molecule has 1 fully saturated rings. The molecule has 1 aliphatic heterocycles. The summed E-state index contributed by atoms with van der Waals surface area (Å²) in [4.78, 5) is 53.0. The number of anilines is 1. The number of nitrogens with zero attached hydrogens (tertiary/aromatic N) is 1. The summed E-state index contributed by atoms with van der Waals surface area (Å²) in [5.74, 6) is -2.85. The van der Waals surface area contributed by atoms with Crippen LogP contribution in [0.4, 0.5) is 5.82 Å². The number of primary amides is 1. The molecule has 1 saturated heterocycles. The van der Waals surface area contributed by atoms with E-state index in [1.165, 1.54) is 7.05 Å². The van der Waals surface area contributed by atoms with E-state index in [1.807, 2.05) is 0 Å². The summed E-state index contributed by atoms with van der Waals surface area (Å²) in [7, 11) is 1.50. The molecule has 0 aromatic carbocycles. The molecular weight excluding hydrogens is 418 g/mol. The molecule has 1 aromatic rings. The smallest absolute Gasteiger partial charge is 0.346 e. The number of aromatic nitrogens is 2. The van der Waals surface area contributed by atoms with E-state index in [9.17, 15) is 34.5 Å². The van der Waals surface area contributed by atoms with Gasteiger partial charge in [0.1, 0.15) is 30.2 Å². The van der Waals surface area contributed by atoms with Gasteiger partial charge in [0.15, 0.2) is 6.10 Å². The van der Waals surface area contributed by atoms with Gasteiger partial charge in [0.2, 0.25) is 17.7 Å². The summed E-state index contributed by atoms with van der Waals surface area (Å²) in [5, 5.41) is 37.5. The molecule has 0 spiro atoms. The average Bonchev–Trinajstić information content (AvgIpc) is 2.70. The highest BCUT2D eigenvalue weighted by Crippen LogP contribution is 2.33. The van der Waals surface area contributed by atoms with Crippen LogP contribution in [-0.4, -0.2) is 93.6 Å². The molecule has 15 heteroatoms. The van der Waals surface area contributed by atoms with Crippen molar-refractivity contribution in [3.8, 4) is 0 Å². The summed E-state index contributed by atoms with van der Waals surface area (Å²) in [6.45, 7) is -0.908. The summed E-state index contributed by atoms with van der Waals surface area (Å²) < 4.78 is 5.48. The number of hydrogen-bond acceptors (Lipinski definition) is 11. The van der Waals surface area contributed by atoms with Crippen LogP contribution in [0.3, 0.4) is 0 Å². The number of ether oxygens (including phenoxy) is 1. The largest absolute Gasteiger partial charge is 0.394 e. The first-order valence-electron chi connectivity index (χ1n) is 9.11. The Kier molecular flexibility index (Phi) is 8.01. The Hall–Kier alpha value is -3.11. The Labute approximate surface area is 175 Å². The minimum Gasteiger partial charge on any atom is -0.394 e. The Morgan fingerprint density at radius 3 is 2.55 bits per heavy atom. The molecule has 5 unspecified atom stereocenters. The number of nitrogens with one attached hydrogen (secondary N) is 4. The fourth-order valence-corrected chi connectivity index (χ4v) is 3.07. The molecule has 1 aromatic heterocycles. The van der Waals surface area contributed by atoms with Crippen molar-refractivity contribution in [2.75, 3.05) is 25.9 Å². The molecule has 0 saturated carbocycles. The molecule has 2 rings (SSSR count). The Morgan fingerprint density at radius 1 is 1.32 bits per heavy atom. The van der Waals surface area contributed by atoms with E-state index in [0.717, 1.165) is 6.20 Å². The van der Waals surface area contributed by atoms with E-state index in [2.05, 4.69) is 25.9 Å². The number of carbonyl (C=O) groups is 3. The van der Waals surface area contributed by atoms with Crippen molar-refractivity contribution >= 4 is 23.5 Å². The van der Waals surface area contributed by atoms with Gasteiger partial charge in [-0.2, -0.15) is 0 Å². The van der Waals surface area contributed by atoms with Crippen LogP contribution in [0.1, 0.15) is 11.7 Å². The molecule has 0 bridgehead atoms. The molecule has 3 amide bonds. The summed E-state index contributed by atoms with van der Waals surface area (Å²) in [6.07, 6.45) is -5.54. The predicted molar refractivity (Wildman–Crippen MR) is 103 cm³/mol. The standard InChI is InChI=1S/C16H25N7O8/c1-19-3-7(25)21-6(4-24)15(29)22-8-9(26)10(27)11(31-12(8)14(18)28)5-2-20-16(30)23-13(5)17/h2,6,8-12,19,24,26-27H,3-4H2,1H3,(H2,18,28)(H,21,25)(H,22,29)(H3,17,20,23,30)/t6-,8?,9?,10?,11?,12?/m0/s1. The molecule has 172 valence electrons. The number of aromatic amines is 1.